The summed E-state index contributed by atoms with van der Waals surface area (Å²) in [6, 6.07) is 0. The van der Waals surface area contributed by atoms with Gasteiger partial charge in [0.15, 0.2) is 0 Å². The maximum atomic E-state index is 12.3. The van der Waals surface area contributed by atoms with Crippen LogP contribution in [0.3, 0.4) is 0 Å². The summed E-state index contributed by atoms with van der Waals surface area (Å²) in [7, 11) is 0. The Bertz CT molecular complexity index is 236. The Morgan fingerprint density at radius 1 is 1.19 bits per heavy atom. The van der Waals surface area contributed by atoms with Gasteiger partial charge in [-0.3, -0.25) is 4.79 Å². The van der Waals surface area contributed by atoms with E-state index in [4.69, 9.17) is 0 Å². The number of rotatable bonds is 3. The number of amides is 1. The molecular formula is C13H22BrNO. The summed E-state index contributed by atoms with van der Waals surface area (Å²) in [5, 5.41) is 1.07. The first-order valence-corrected chi connectivity index (χ1v) is 7.78. The zero-order valence-electron chi connectivity index (χ0n) is 9.96. The summed E-state index contributed by atoms with van der Waals surface area (Å²) in [5.41, 5.74) is 0. The molecule has 2 rings (SSSR count). The summed E-state index contributed by atoms with van der Waals surface area (Å²) in [6.45, 7) is 2.02. The maximum Gasteiger partial charge on any atom is 0.225 e. The zero-order valence-corrected chi connectivity index (χ0v) is 11.5. The van der Waals surface area contributed by atoms with Crippen molar-refractivity contribution in [3.05, 3.63) is 0 Å². The Balaban J connectivity index is 1.85. The molecule has 1 saturated heterocycles. The summed E-state index contributed by atoms with van der Waals surface area (Å²) in [5.74, 6) is 1.55. The maximum absolute atomic E-state index is 12.3. The summed E-state index contributed by atoms with van der Waals surface area (Å²) >= 11 is 3.50. The van der Waals surface area contributed by atoms with Gasteiger partial charge in [0.05, 0.1) is 0 Å². The van der Waals surface area contributed by atoms with Crippen LogP contribution in [0.4, 0.5) is 0 Å². The average Bonchev–Trinajstić information content (AvgIpc) is 2.82. The van der Waals surface area contributed by atoms with E-state index in [1.807, 2.05) is 0 Å². The first-order valence-electron chi connectivity index (χ1n) is 6.66. The van der Waals surface area contributed by atoms with Gasteiger partial charge < -0.3 is 4.90 Å². The fraction of sp³-hybridized carbons (Fsp3) is 0.923. The molecule has 0 radical (unpaired) electrons. The van der Waals surface area contributed by atoms with Crippen LogP contribution < -0.4 is 0 Å². The number of piperidine rings is 1. The van der Waals surface area contributed by atoms with Crippen LogP contribution >= 0.6 is 15.9 Å². The van der Waals surface area contributed by atoms with Crippen molar-refractivity contribution in [2.24, 2.45) is 11.8 Å². The molecule has 1 aliphatic carbocycles. The normalized spacial score (nSPS) is 27.3. The zero-order chi connectivity index (χ0) is 11.4. The smallest absolute Gasteiger partial charge is 0.225 e. The van der Waals surface area contributed by atoms with Crippen molar-refractivity contribution in [3.63, 3.8) is 0 Å². The molecule has 2 aliphatic rings. The molecule has 0 aromatic rings. The lowest BCUT2D eigenvalue weighted by Gasteiger charge is -2.34. The number of hydrogen-bond donors (Lipinski definition) is 0. The molecule has 2 fully saturated rings. The molecule has 0 spiro atoms. The number of halogens is 1. The highest BCUT2D eigenvalue weighted by atomic mass is 79.9. The molecule has 92 valence electrons. The molecule has 1 heterocycles. The van der Waals surface area contributed by atoms with Gasteiger partial charge in [0.1, 0.15) is 0 Å². The monoisotopic (exact) mass is 287 g/mol. The number of alkyl halides is 1. The van der Waals surface area contributed by atoms with Gasteiger partial charge in [0.2, 0.25) is 5.91 Å². The van der Waals surface area contributed by atoms with E-state index < -0.39 is 0 Å². The Morgan fingerprint density at radius 3 is 2.62 bits per heavy atom. The minimum Gasteiger partial charge on any atom is -0.342 e. The highest BCUT2D eigenvalue weighted by Gasteiger charge is 2.30. The van der Waals surface area contributed by atoms with E-state index in [0.717, 1.165) is 37.2 Å². The average molecular weight is 288 g/mol. The van der Waals surface area contributed by atoms with E-state index in [0.29, 0.717) is 11.8 Å². The van der Waals surface area contributed by atoms with Gasteiger partial charge in [-0.1, -0.05) is 28.8 Å². The van der Waals surface area contributed by atoms with E-state index in [9.17, 15) is 4.79 Å². The minimum absolute atomic E-state index is 0.364. The van der Waals surface area contributed by atoms with Gasteiger partial charge in [-0.05, 0) is 38.0 Å². The molecule has 1 aliphatic heterocycles. The fourth-order valence-corrected chi connectivity index (χ4v) is 3.73. The number of likely N-dealkylation sites (tertiary alicyclic amines) is 1. The van der Waals surface area contributed by atoms with Crippen LogP contribution in [-0.2, 0) is 4.79 Å². The Labute approximate surface area is 107 Å². The lowest BCUT2D eigenvalue weighted by atomic mass is 9.94. The van der Waals surface area contributed by atoms with Crippen LogP contribution in [0.25, 0.3) is 0 Å². The minimum atomic E-state index is 0.364. The van der Waals surface area contributed by atoms with Crippen LogP contribution in [0, 0.1) is 11.8 Å². The van der Waals surface area contributed by atoms with Crippen molar-refractivity contribution >= 4 is 21.8 Å². The molecule has 0 aromatic heterocycles. The summed E-state index contributed by atoms with van der Waals surface area (Å²) < 4.78 is 0. The first kappa shape index (κ1) is 12.4. The largest absolute Gasteiger partial charge is 0.342 e. The number of nitrogens with zero attached hydrogens (tertiary/aromatic N) is 1. The van der Waals surface area contributed by atoms with Crippen LogP contribution in [0.5, 0.6) is 0 Å². The number of hydrogen-bond acceptors (Lipinski definition) is 1. The number of carbonyl (C=O) groups is 1. The SMILES string of the molecule is O=C(C1CCCC1)N1CCCC(CCBr)C1. The van der Waals surface area contributed by atoms with Gasteiger partial charge in [-0.2, -0.15) is 0 Å². The van der Waals surface area contributed by atoms with Crippen molar-refractivity contribution in [2.45, 2.75) is 44.9 Å². The summed E-state index contributed by atoms with van der Waals surface area (Å²) in [6.07, 6.45) is 8.52. The molecule has 1 atom stereocenters. The van der Waals surface area contributed by atoms with Crippen LogP contribution in [-0.4, -0.2) is 29.2 Å². The second kappa shape index (κ2) is 6.04. The predicted octanol–water partition coefficient (Wildman–Crippen LogP) is 3.20. The summed E-state index contributed by atoms with van der Waals surface area (Å²) in [4.78, 5) is 14.4. The van der Waals surface area contributed by atoms with Crippen molar-refractivity contribution in [3.8, 4) is 0 Å². The van der Waals surface area contributed by atoms with E-state index in [2.05, 4.69) is 20.8 Å². The number of carbonyl (C=O) groups excluding carboxylic acids is 1. The lowest BCUT2D eigenvalue weighted by molar-refractivity contribution is -0.137. The molecule has 1 amide bonds. The fourth-order valence-electron chi connectivity index (χ4n) is 3.09. The van der Waals surface area contributed by atoms with E-state index >= 15 is 0 Å². The molecule has 1 unspecified atom stereocenters. The van der Waals surface area contributed by atoms with E-state index in [1.54, 1.807) is 0 Å². The van der Waals surface area contributed by atoms with E-state index in [1.165, 1.54) is 32.1 Å². The van der Waals surface area contributed by atoms with Crippen LogP contribution in [0.1, 0.15) is 44.9 Å². The molecule has 3 heteroatoms. The van der Waals surface area contributed by atoms with Gasteiger partial charge in [0.25, 0.3) is 0 Å². The molecular weight excluding hydrogens is 266 g/mol. The quantitative estimate of drug-likeness (QED) is 0.730. The Morgan fingerprint density at radius 2 is 1.94 bits per heavy atom. The standard InChI is InChI=1S/C13H22BrNO/c14-8-7-11-4-3-9-15(10-11)13(16)12-5-1-2-6-12/h11-12H,1-10H2. The van der Waals surface area contributed by atoms with Crippen LogP contribution in [0.2, 0.25) is 0 Å². The van der Waals surface area contributed by atoms with Crippen molar-refractivity contribution in [1.29, 1.82) is 0 Å². The van der Waals surface area contributed by atoms with Gasteiger partial charge in [0, 0.05) is 24.3 Å². The molecule has 0 N–H and O–H groups in total. The molecule has 0 bridgehead atoms. The van der Waals surface area contributed by atoms with Crippen LogP contribution in [0.15, 0.2) is 0 Å². The molecule has 0 aromatic carbocycles. The van der Waals surface area contributed by atoms with Crippen molar-refractivity contribution < 1.29 is 4.79 Å². The second-order valence-corrected chi connectivity index (χ2v) is 6.04. The van der Waals surface area contributed by atoms with Gasteiger partial charge >= 0.3 is 0 Å². The lowest BCUT2D eigenvalue weighted by Crippen LogP contribution is -2.42. The highest BCUT2D eigenvalue weighted by Crippen LogP contribution is 2.29. The predicted molar refractivity (Wildman–Crippen MR) is 69.7 cm³/mol. The highest BCUT2D eigenvalue weighted by molar-refractivity contribution is 9.09. The van der Waals surface area contributed by atoms with E-state index in [-0.39, 0.29) is 0 Å². The molecule has 16 heavy (non-hydrogen) atoms. The second-order valence-electron chi connectivity index (χ2n) is 5.25. The Kier molecular flexibility index (Phi) is 4.68. The van der Waals surface area contributed by atoms with Gasteiger partial charge in [-0.25, -0.2) is 0 Å². The first-order chi connectivity index (χ1) is 7.81. The van der Waals surface area contributed by atoms with Crippen molar-refractivity contribution in [1.82, 2.24) is 4.90 Å². The topological polar surface area (TPSA) is 20.3 Å². The Hall–Kier alpha value is -0.0500. The third-order valence-electron chi connectivity index (χ3n) is 4.05. The third-order valence-corrected chi connectivity index (χ3v) is 4.51. The third kappa shape index (κ3) is 2.99. The van der Waals surface area contributed by atoms with Gasteiger partial charge in [-0.15, -0.1) is 0 Å². The molecule has 1 saturated carbocycles. The van der Waals surface area contributed by atoms with Crippen molar-refractivity contribution in [2.75, 3.05) is 18.4 Å². The molecule has 2 nitrogen and oxygen atoms in total.